The number of amides is 2. The van der Waals surface area contributed by atoms with Gasteiger partial charge in [-0.3, -0.25) is 13.9 Å². The number of nitrogens with zero attached hydrogens (tertiary/aromatic N) is 2. The molecule has 0 aliphatic rings. The van der Waals surface area contributed by atoms with Crippen molar-refractivity contribution < 1.29 is 22.7 Å². The number of rotatable bonds is 15. The molecule has 0 saturated heterocycles. The minimum absolute atomic E-state index is 0.00568. The first-order valence-electron chi connectivity index (χ1n) is 14.1. The third-order valence-electron chi connectivity index (χ3n) is 7.13. The average Bonchev–Trinajstić information content (AvgIpc) is 2.97. The van der Waals surface area contributed by atoms with Crippen molar-refractivity contribution in [1.82, 2.24) is 10.2 Å². The lowest BCUT2D eigenvalue weighted by Gasteiger charge is -2.33. The zero-order valence-corrected chi connectivity index (χ0v) is 27.3. The van der Waals surface area contributed by atoms with E-state index in [2.05, 4.69) is 5.32 Å². The molecule has 43 heavy (non-hydrogen) atoms. The minimum Gasteiger partial charge on any atom is -0.495 e. The van der Waals surface area contributed by atoms with Crippen LogP contribution >= 0.6 is 23.2 Å². The van der Waals surface area contributed by atoms with Crippen LogP contribution in [-0.2, 0) is 32.6 Å². The Morgan fingerprint density at radius 2 is 1.67 bits per heavy atom. The minimum atomic E-state index is -3.68. The second-order valence-electron chi connectivity index (χ2n) is 10.4. The molecule has 3 aromatic rings. The first-order valence-corrected chi connectivity index (χ1v) is 16.7. The van der Waals surface area contributed by atoms with E-state index in [1.807, 2.05) is 44.2 Å². The molecular formula is C32H39Cl2N3O5S. The maximum Gasteiger partial charge on any atom is 0.243 e. The van der Waals surface area contributed by atoms with E-state index in [0.717, 1.165) is 18.2 Å². The molecule has 0 radical (unpaired) electrons. The molecule has 0 unspecified atom stereocenters. The number of sulfonamides is 1. The van der Waals surface area contributed by atoms with Crippen molar-refractivity contribution in [1.29, 1.82) is 0 Å². The van der Waals surface area contributed by atoms with Crippen molar-refractivity contribution in [3.63, 3.8) is 0 Å². The number of ether oxygens (including phenoxy) is 1. The van der Waals surface area contributed by atoms with Gasteiger partial charge in [0.25, 0.3) is 0 Å². The lowest BCUT2D eigenvalue weighted by Crippen LogP contribution is -2.52. The second kappa shape index (κ2) is 16.0. The monoisotopic (exact) mass is 647 g/mol. The second-order valence-corrected chi connectivity index (χ2v) is 13.1. The van der Waals surface area contributed by atoms with Gasteiger partial charge in [0.2, 0.25) is 21.8 Å². The SMILES string of the molecule is CC[C@@H](C)NC(=O)[C@H](Cc1ccccc1)N(Cc1ccc(Cl)cc1Cl)C(=O)CCCN(c1ccccc1OC)S(C)(=O)=O. The van der Waals surface area contributed by atoms with Gasteiger partial charge in [-0.15, -0.1) is 0 Å². The van der Waals surface area contributed by atoms with Crippen molar-refractivity contribution in [3.8, 4) is 5.75 Å². The van der Waals surface area contributed by atoms with Gasteiger partial charge >= 0.3 is 0 Å². The predicted octanol–water partition coefficient (Wildman–Crippen LogP) is 6.10. The Bertz CT molecular complexity index is 1490. The zero-order valence-electron chi connectivity index (χ0n) is 24.9. The van der Waals surface area contributed by atoms with Crippen LogP contribution in [0, 0.1) is 0 Å². The van der Waals surface area contributed by atoms with E-state index in [1.165, 1.54) is 16.3 Å². The van der Waals surface area contributed by atoms with Crippen LogP contribution in [-0.4, -0.2) is 57.1 Å². The van der Waals surface area contributed by atoms with Gasteiger partial charge in [-0.05, 0) is 55.2 Å². The van der Waals surface area contributed by atoms with Crippen molar-refractivity contribution in [2.45, 2.75) is 58.2 Å². The molecule has 11 heteroatoms. The molecule has 3 aromatic carbocycles. The van der Waals surface area contributed by atoms with Crippen LogP contribution in [0.2, 0.25) is 10.0 Å². The smallest absolute Gasteiger partial charge is 0.243 e. The van der Waals surface area contributed by atoms with Gasteiger partial charge in [0, 0.05) is 42.0 Å². The Hall–Kier alpha value is -3.27. The third-order valence-corrected chi connectivity index (χ3v) is 8.90. The predicted molar refractivity (Wildman–Crippen MR) is 173 cm³/mol. The average molecular weight is 649 g/mol. The highest BCUT2D eigenvalue weighted by Crippen LogP contribution is 2.30. The number of hydrogen-bond acceptors (Lipinski definition) is 5. The number of methoxy groups -OCH3 is 1. The number of carbonyl (C=O) groups excluding carboxylic acids is 2. The van der Waals surface area contributed by atoms with Crippen LogP contribution in [0.5, 0.6) is 5.75 Å². The zero-order chi connectivity index (χ0) is 31.6. The Morgan fingerprint density at radius 3 is 2.30 bits per heavy atom. The van der Waals surface area contributed by atoms with Crippen molar-refractivity contribution in [3.05, 3.63) is 94.0 Å². The van der Waals surface area contributed by atoms with E-state index < -0.39 is 16.1 Å². The molecule has 0 aliphatic carbocycles. The molecule has 0 heterocycles. The molecule has 8 nitrogen and oxygen atoms in total. The number of nitrogens with one attached hydrogen (secondary N) is 1. The highest BCUT2D eigenvalue weighted by atomic mass is 35.5. The van der Waals surface area contributed by atoms with Gasteiger partial charge < -0.3 is 15.0 Å². The molecular weight excluding hydrogens is 609 g/mol. The highest BCUT2D eigenvalue weighted by Gasteiger charge is 2.31. The number of anilines is 1. The van der Waals surface area contributed by atoms with Gasteiger partial charge in [-0.1, -0.05) is 78.7 Å². The summed E-state index contributed by atoms with van der Waals surface area (Å²) in [6, 6.07) is 20.4. The van der Waals surface area contributed by atoms with E-state index in [9.17, 15) is 18.0 Å². The molecule has 0 bridgehead atoms. The Morgan fingerprint density at radius 1 is 1.00 bits per heavy atom. The molecule has 232 valence electrons. The van der Waals surface area contributed by atoms with E-state index in [1.54, 1.807) is 42.5 Å². The van der Waals surface area contributed by atoms with Crippen LogP contribution < -0.4 is 14.4 Å². The van der Waals surface area contributed by atoms with E-state index in [-0.39, 0.29) is 50.2 Å². The summed E-state index contributed by atoms with van der Waals surface area (Å²) in [4.78, 5) is 29.2. The number of benzene rings is 3. The summed E-state index contributed by atoms with van der Waals surface area (Å²) in [7, 11) is -2.21. The molecule has 0 saturated carbocycles. The van der Waals surface area contributed by atoms with Crippen LogP contribution in [0.4, 0.5) is 5.69 Å². The summed E-state index contributed by atoms with van der Waals surface area (Å²) in [6.45, 7) is 4.01. The standard InChI is InChI=1S/C32H39Cl2N3O5S/c1-5-23(2)35-32(39)29(20-24-12-7-6-8-13-24)36(22-25-17-18-26(33)21-27(25)34)31(38)16-11-19-37(43(4,40)41)28-14-9-10-15-30(28)42-3/h6-10,12-15,17-18,21,23,29H,5,11,16,19-20,22H2,1-4H3,(H,35,39)/t23-,29+/m1/s1. The lowest BCUT2D eigenvalue weighted by molar-refractivity contribution is -0.141. The van der Waals surface area contributed by atoms with Crippen molar-refractivity contribution in [2.75, 3.05) is 24.2 Å². The fourth-order valence-electron chi connectivity index (χ4n) is 4.65. The molecule has 0 fully saturated rings. The van der Waals surface area contributed by atoms with Crippen LogP contribution in [0.25, 0.3) is 0 Å². The van der Waals surface area contributed by atoms with Crippen LogP contribution in [0.15, 0.2) is 72.8 Å². The summed E-state index contributed by atoms with van der Waals surface area (Å²) in [5, 5.41) is 3.87. The van der Waals surface area contributed by atoms with Gasteiger partial charge in [-0.25, -0.2) is 8.42 Å². The van der Waals surface area contributed by atoms with Crippen molar-refractivity contribution in [2.24, 2.45) is 0 Å². The molecule has 3 rings (SSSR count). The topological polar surface area (TPSA) is 96.0 Å². The van der Waals surface area contributed by atoms with Gasteiger partial charge in [-0.2, -0.15) is 0 Å². The molecule has 0 aromatic heterocycles. The quantitative estimate of drug-likeness (QED) is 0.215. The fraction of sp³-hybridized carbons (Fsp3) is 0.375. The summed E-state index contributed by atoms with van der Waals surface area (Å²) < 4.78 is 32.1. The first kappa shape index (κ1) is 34.2. The normalized spacial score (nSPS) is 12.7. The fourth-order valence-corrected chi connectivity index (χ4v) is 6.08. The summed E-state index contributed by atoms with van der Waals surface area (Å²) >= 11 is 12.6. The maximum absolute atomic E-state index is 14.0. The number of hydrogen-bond donors (Lipinski definition) is 1. The highest BCUT2D eigenvalue weighted by molar-refractivity contribution is 7.92. The maximum atomic E-state index is 14.0. The largest absolute Gasteiger partial charge is 0.495 e. The van der Waals surface area contributed by atoms with Crippen LogP contribution in [0.1, 0.15) is 44.2 Å². The Labute approximate surface area is 265 Å². The van der Waals surface area contributed by atoms with E-state index in [4.69, 9.17) is 27.9 Å². The van der Waals surface area contributed by atoms with Crippen molar-refractivity contribution >= 4 is 50.7 Å². The van der Waals surface area contributed by atoms with E-state index in [0.29, 0.717) is 27.0 Å². The Balaban J connectivity index is 1.94. The molecule has 0 spiro atoms. The van der Waals surface area contributed by atoms with Gasteiger partial charge in [0.1, 0.15) is 11.8 Å². The number of halogens is 2. The molecule has 2 atom stereocenters. The molecule has 2 amide bonds. The van der Waals surface area contributed by atoms with E-state index >= 15 is 0 Å². The summed E-state index contributed by atoms with van der Waals surface area (Å²) in [6.07, 6.45) is 2.33. The number of carbonyl (C=O) groups is 2. The molecule has 1 N–H and O–H groups in total. The summed E-state index contributed by atoms with van der Waals surface area (Å²) in [5.41, 5.74) is 1.92. The number of para-hydroxylation sites is 2. The Kier molecular flexibility index (Phi) is 12.7. The third kappa shape index (κ3) is 9.88. The van der Waals surface area contributed by atoms with Gasteiger partial charge in [0.05, 0.1) is 19.1 Å². The summed E-state index contributed by atoms with van der Waals surface area (Å²) in [5.74, 6) is -0.175. The first-order chi connectivity index (χ1) is 20.4. The van der Waals surface area contributed by atoms with Gasteiger partial charge in [0.15, 0.2) is 0 Å². The lowest BCUT2D eigenvalue weighted by atomic mass is 10.0. The molecule has 0 aliphatic heterocycles. The van der Waals surface area contributed by atoms with Crippen LogP contribution in [0.3, 0.4) is 0 Å².